The van der Waals surface area contributed by atoms with E-state index in [1.165, 1.54) is 25.9 Å². The molecule has 4 nitrogen and oxygen atoms in total. The van der Waals surface area contributed by atoms with Crippen LogP contribution in [0.1, 0.15) is 19.3 Å². The Bertz CT molecular complexity index is 141. The Morgan fingerprint density at radius 1 is 1.45 bits per heavy atom. The predicted octanol–water partition coefficient (Wildman–Crippen LogP) is 0.219. The molecule has 3 N–H and O–H groups in total. The Hall–Kier alpha value is -0.770. The molecule has 0 aromatic carbocycles. The first-order valence-corrected chi connectivity index (χ1v) is 4.01. The molecule has 1 heterocycles. The van der Waals surface area contributed by atoms with Gasteiger partial charge in [0.15, 0.2) is 0 Å². The Labute approximate surface area is 66.7 Å². The van der Waals surface area contributed by atoms with Gasteiger partial charge in [0.25, 0.3) is 0 Å². The number of nitrogens with zero attached hydrogens (tertiary/aromatic N) is 2. The van der Waals surface area contributed by atoms with E-state index in [1.807, 2.05) is 0 Å². The summed E-state index contributed by atoms with van der Waals surface area (Å²) in [5.74, 6) is 0.330. The molecule has 0 bridgehead atoms. The predicted molar refractivity (Wildman–Crippen MR) is 43.7 cm³/mol. The molecule has 0 saturated carbocycles. The third-order valence-corrected chi connectivity index (χ3v) is 2.01. The van der Waals surface area contributed by atoms with Gasteiger partial charge in [-0.15, -0.1) is 0 Å². The highest BCUT2D eigenvalue weighted by atomic mass is 16.4. The highest BCUT2D eigenvalue weighted by Gasteiger charge is 2.10. The SMILES string of the molecule is N/C(CCN1CCCC1)=N\O. The number of hydrogen-bond acceptors (Lipinski definition) is 3. The highest BCUT2D eigenvalue weighted by Crippen LogP contribution is 2.06. The lowest BCUT2D eigenvalue weighted by atomic mass is 10.4. The van der Waals surface area contributed by atoms with E-state index < -0.39 is 0 Å². The zero-order valence-electron chi connectivity index (χ0n) is 6.66. The average molecular weight is 157 g/mol. The fourth-order valence-corrected chi connectivity index (χ4v) is 1.33. The van der Waals surface area contributed by atoms with Crippen LogP contribution in [0.25, 0.3) is 0 Å². The van der Waals surface area contributed by atoms with Gasteiger partial charge in [-0.1, -0.05) is 5.16 Å². The van der Waals surface area contributed by atoms with Crippen molar-refractivity contribution in [1.29, 1.82) is 0 Å². The summed E-state index contributed by atoms with van der Waals surface area (Å²) < 4.78 is 0. The molecule has 0 aromatic rings. The topological polar surface area (TPSA) is 61.8 Å². The van der Waals surface area contributed by atoms with E-state index in [1.54, 1.807) is 0 Å². The van der Waals surface area contributed by atoms with Gasteiger partial charge in [-0.2, -0.15) is 0 Å². The van der Waals surface area contributed by atoms with Crippen LogP contribution < -0.4 is 5.73 Å². The van der Waals surface area contributed by atoms with E-state index in [0.29, 0.717) is 12.3 Å². The summed E-state index contributed by atoms with van der Waals surface area (Å²) in [6.07, 6.45) is 3.25. The van der Waals surface area contributed by atoms with Gasteiger partial charge in [0.2, 0.25) is 0 Å². The molecule has 0 aliphatic carbocycles. The van der Waals surface area contributed by atoms with Gasteiger partial charge >= 0.3 is 0 Å². The average Bonchev–Trinajstić information content (AvgIpc) is 2.52. The molecule has 1 aliphatic heterocycles. The summed E-state index contributed by atoms with van der Waals surface area (Å²) in [4.78, 5) is 2.33. The molecule has 0 aromatic heterocycles. The van der Waals surface area contributed by atoms with Gasteiger partial charge in [-0.3, -0.25) is 0 Å². The van der Waals surface area contributed by atoms with Crippen LogP contribution in [0.3, 0.4) is 0 Å². The second-order valence-electron chi connectivity index (χ2n) is 2.89. The van der Waals surface area contributed by atoms with Crippen molar-refractivity contribution in [2.45, 2.75) is 19.3 Å². The van der Waals surface area contributed by atoms with Crippen LogP contribution in [0, 0.1) is 0 Å². The van der Waals surface area contributed by atoms with Crippen molar-refractivity contribution in [2.75, 3.05) is 19.6 Å². The summed E-state index contributed by atoms with van der Waals surface area (Å²) in [7, 11) is 0. The molecule has 1 fully saturated rings. The Balaban J connectivity index is 2.11. The molecule has 1 aliphatic rings. The number of nitrogens with two attached hydrogens (primary N) is 1. The molecule has 1 saturated heterocycles. The Morgan fingerprint density at radius 3 is 2.64 bits per heavy atom. The van der Waals surface area contributed by atoms with E-state index in [-0.39, 0.29) is 0 Å². The molecule has 0 spiro atoms. The highest BCUT2D eigenvalue weighted by molar-refractivity contribution is 5.79. The standard InChI is InChI=1S/C7H15N3O/c8-7(9-11)3-6-10-4-1-2-5-10/h11H,1-6H2,(H2,8,9). The molecular weight excluding hydrogens is 142 g/mol. The largest absolute Gasteiger partial charge is 0.409 e. The quantitative estimate of drug-likeness (QED) is 0.266. The van der Waals surface area contributed by atoms with Crippen LogP contribution in [-0.4, -0.2) is 35.6 Å². The minimum atomic E-state index is 0.330. The zero-order chi connectivity index (χ0) is 8.10. The minimum Gasteiger partial charge on any atom is -0.409 e. The molecular formula is C7H15N3O. The summed E-state index contributed by atoms with van der Waals surface area (Å²) in [5.41, 5.74) is 5.32. The lowest BCUT2D eigenvalue weighted by Gasteiger charge is -2.12. The van der Waals surface area contributed by atoms with Crippen molar-refractivity contribution in [2.24, 2.45) is 10.9 Å². The van der Waals surface area contributed by atoms with E-state index in [0.717, 1.165) is 6.54 Å². The molecule has 1 rings (SSSR count). The van der Waals surface area contributed by atoms with Crippen molar-refractivity contribution in [3.8, 4) is 0 Å². The minimum absolute atomic E-state index is 0.330. The first-order chi connectivity index (χ1) is 5.33. The summed E-state index contributed by atoms with van der Waals surface area (Å²) in [6, 6.07) is 0. The van der Waals surface area contributed by atoms with Crippen LogP contribution in [-0.2, 0) is 0 Å². The van der Waals surface area contributed by atoms with Crippen molar-refractivity contribution < 1.29 is 5.21 Å². The number of amidine groups is 1. The smallest absolute Gasteiger partial charge is 0.140 e. The van der Waals surface area contributed by atoms with Gasteiger partial charge in [-0.05, 0) is 25.9 Å². The maximum Gasteiger partial charge on any atom is 0.140 e. The van der Waals surface area contributed by atoms with Crippen molar-refractivity contribution in [3.63, 3.8) is 0 Å². The first kappa shape index (κ1) is 8.33. The number of likely N-dealkylation sites (tertiary alicyclic amines) is 1. The third kappa shape index (κ3) is 2.76. The van der Waals surface area contributed by atoms with Crippen LogP contribution >= 0.6 is 0 Å². The van der Waals surface area contributed by atoms with E-state index in [4.69, 9.17) is 10.9 Å². The van der Waals surface area contributed by atoms with Gasteiger partial charge < -0.3 is 15.8 Å². The second kappa shape index (κ2) is 4.18. The summed E-state index contributed by atoms with van der Waals surface area (Å²) in [6.45, 7) is 3.26. The molecule has 0 unspecified atom stereocenters. The molecule has 11 heavy (non-hydrogen) atoms. The lowest BCUT2D eigenvalue weighted by Crippen LogP contribution is -2.25. The Kier molecular flexibility index (Phi) is 3.16. The maximum atomic E-state index is 8.25. The van der Waals surface area contributed by atoms with Crippen molar-refractivity contribution in [3.05, 3.63) is 0 Å². The van der Waals surface area contributed by atoms with Crippen LogP contribution in [0.15, 0.2) is 5.16 Å². The van der Waals surface area contributed by atoms with Gasteiger partial charge in [0.1, 0.15) is 5.84 Å². The van der Waals surface area contributed by atoms with Crippen LogP contribution in [0.4, 0.5) is 0 Å². The monoisotopic (exact) mass is 157 g/mol. The third-order valence-electron chi connectivity index (χ3n) is 2.01. The summed E-state index contributed by atoms with van der Waals surface area (Å²) in [5, 5.41) is 11.2. The van der Waals surface area contributed by atoms with E-state index in [2.05, 4.69) is 10.1 Å². The fourth-order valence-electron chi connectivity index (χ4n) is 1.33. The number of rotatable bonds is 3. The van der Waals surface area contributed by atoms with E-state index >= 15 is 0 Å². The van der Waals surface area contributed by atoms with Crippen LogP contribution in [0.5, 0.6) is 0 Å². The molecule has 0 radical (unpaired) electrons. The molecule has 0 atom stereocenters. The maximum absolute atomic E-state index is 8.25. The number of hydrogen-bond donors (Lipinski definition) is 2. The van der Waals surface area contributed by atoms with Gasteiger partial charge in [0.05, 0.1) is 0 Å². The summed E-state index contributed by atoms with van der Waals surface area (Å²) >= 11 is 0. The zero-order valence-corrected chi connectivity index (χ0v) is 6.66. The van der Waals surface area contributed by atoms with Crippen molar-refractivity contribution in [1.82, 2.24) is 4.90 Å². The molecule has 4 heteroatoms. The number of oxime groups is 1. The Morgan fingerprint density at radius 2 is 2.09 bits per heavy atom. The molecule has 64 valence electrons. The normalized spacial score (nSPS) is 20.9. The lowest BCUT2D eigenvalue weighted by molar-refractivity contribution is 0.311. The molecule has 0 amide bonds. The second-order valence-corrected chi connectivity index (χ2v) is 2.89. The van der Waals surface area contributed by atoms with Gasteiger partial charge in [0, 0.05) is 13.0 Å². The first-order valence-electron chi connectivity index (χ1n) is 4.01. The van der Waals surface area contributed by atoms with Crippen molar-refractivity contribution >= 4 is 5.84 Å². The van der Waals surface area contributed by atoms with E-state index in [9.17, 15) is 0 Å². The van der Waals surface area contributed by atoms with Gasteiger partial charge in [-0.25, -0.2) is 0 Å². The van der Waals surface area contributed by atoms with Crippen LogP contribution in [0.2, 0.25) is 0 Å². The fraction of sp³-hybridized carbons (Fsp3) is 0.857.